The van der Waals surface area contributed by atoms with Gasteiger partial charge in [0.1, 0.15) is 18.0 Å². The molecule has 0 saturated carbocycles. The maximum absolute atomic E-state index is 14.6. The molecular weight excluding hydrogens is 443 g/mol. The fourth-order valence-corrected chi connectivity index (χ4v) is 5.01. The zero-order chi connectivity index (χ0) is 23.0. The number of rotatable bonds is 5. The largest absolute Gasteiger partial charge is 0.368 e. The lowest BCUT2D eigenvalue weighted by Gasteiger charge is -2.30. The van der Waals surface area contributed by atoms with Crippen molar-refractivity contribution in [2.75, 3.05) is 34.8 Å². The van der Waals surface area contributed by atoms with Crippen molar-refractivity contribution in [2.45, 2.75) is 26.3 Å². The number of aromatic nitrogens is 3. The number of hydrogen-bond donors (Lipinski definition) is 1. The molecule has 170 valence electrons. The van der Waals surface area contributed by atoms with Crippen LogP contribution >= 0.6 is 0 Å². The second kappa shape index (κ2) is 8.53. The lowest BCUT2D eigenvalue weighted by molar-refractivity contribution is 0.146. The Kier molecular flexibility index (Phi) is 5.93. The normalized spacial score (nSPS) is 17.0. The second-order valence-corrected chi connectivity index (χ2v) is 10.0. The van der Waals surface area contributed by atoms with Crippen molar-refractivity contribution in [3.8, 4) is 0 Å². The molecule has 1 aliphatic heterocycles. The van der Waals surface area contributed by atoms with E-state index in [1.165, 1.54) is 18.5 Å². The molecule has 1 N–H and O–H groups in total. The summed E-state index contributed by atoms with van der Waals surface area (Å²) in [5.41, 5.74) is 1.33. The van der Waals surface area contributed by atoms with Crippen molar-refractivity contribution in [3.63, 3.8) is 0 Å². The highest BCUT2D eigenvalue weighted by Crippen LogP contribution is 2.32. The van der Waals surface area contributed by atoms with Crippen molar-refractivity contribution in [1.29, 1.82) is 0 Å². The molecule has 1 atom stereocenters. The first-order valence-electron chi connectivity index (χ1n) is 10.1. The standard InChI is InChI=1S/C21H22F3N5O2S/c1-12(14-4-3-5-15(18(14)22)19(23)24)27-20-16-10-17(13(2)28-21(16)26-11-25-20)29-6-8-32(30,31)9-7-29/h3-5,10-12,19H,6-9H2,1-2H3,(H,25,26,27,28)/t12-/m1/s1. The van der Waals surface area contributed by atoms with Gasteiger partial charge in [-0.25, -0.2) is 36.5 Å². The topological polar surface area (TPSA) is 88.1 Å². The SMILES string of the molecule is Cc1nc2ncnc(N[C@H](C)c3cccc(C(F)F)c3F)c2cc1N1CCS(=O)(=O)CC1. The number of fused-ring (bicyclic) bond motifs is 1. The number of nitrogens with zero attached hydrogens (tertiary/aromatic N) is 4. The van der Waals surface area contributed by atoms with Gasteiger partial charge in [-0.2, -0.15) is 0 Å². The third kappa shape index (κ3) is 4.34. The molecular formula is C21H22F3N5O2S. The van der Waals surface area contributed by atoms with Crippen molar-refractivity contribution in [1.82, 2.24) is 15.0 Å². The van der Waals surface area contributed by atoms with Crippen LogP contribution in [-0.2, 0) is 9.84 Å². The van der Waals surface area contributed by atoms with Crippen molar-refractivity contribution in [3.05, 3.63) is 53.2 Å². The van der Waals surface area contributed by atoms with Gasteiger partial charge in [0.15, 0.2) is 15.5 Å². The first-order chi connectivity index (χ1) is 15.2. The molecule has 1 saturated heterocycles. The highest BCUT2D eigenvalue weighted by molar-refractivity contribution is 7.91. The fourth-order valence-electron chi connectivity index (χ4n) is 3.81. The summed E-state index contributed by atoms with van der Waals surface area (Å²) in [5, 5.41) is 3.65. The van der Waals surface area contributed by atoms with Crippen LogP contribution < -0.4 is 10.2 Å². The fraction of sp³-hybridized carbons (Fsp3) is 0.381. The lowest BCUT2D eigenvalue weighted by Crippen LogP contribution is -2.40. The Hall–Kier alpha value is -2.95. The summed E-state index contributed by atoms with van der Waals surface area (Å²) < 4.78 is 64.3. The van der Waals surface area contributed by atoms with Crippen molar-refractivity contribution in [2.24, 2.45) is 0 Å². The highest BCUT2D eigenvalue weighted by atomic mass is 32.2. The number of sulfone groups is 1. The van der Waals surface area contributed by atoms with E-state index in [2.05, 4.69) is 20.3 Å². The Morgan fingerprint density at radius 3 is 2.50 bits per heavy atom. The predicted octanol–water partition coefficient (Wildman–Crippen LogP) is 3.82. The van der Waals surface area contributed by atoms with Crippen molar-refractivity contribution < 1.29 is 21.6 Å². The predicted molar refractivity (Wildman–Crippen MR) is 116 cm³/mol. The van der Waals surface area contributed by atoms with Crippen LogP contribution in [0.5, 0.6) is 0 Å². The average Bonchev–Trinajstić information content (AvgIpc) is 2.73. The summed E-state index contributed by atoms with van der Waals surface area (Å²) in [5.74, 6) is -0.442. The minimum absolute atomic E-state index is 0.0671. The van der Waals surface area contributed by atoms with Crippen LogP contribution in [0.1, 0.15) is 36.2 Å². The van der Waals surface area contributed by atoms with E-state index < -0.39 is 33.7 Å². The number of hydrogen-bond acceptors (Lipinski definition) is 7. The molecule has 3 heterocycles. The molecule has 0 bridgehead atoms. The first kappa shape index (κ1) is 22.3. The van der Waals surface area contributed by atoms with E-state index in [0.29, 0.717) is 35.6 Å². The zero-order valence-electron chi connectivity index (χ0n) is 17.5. The molecule has 4 rings (SSSR count). The Morgan fingerprint density at radius 2 is 1.81 bits per heavy atom. The van der Waals surface area contributed by atoms with E-state index in [0.717, 1.165) is 11.8 Å². The summed E-state index contributed by atoms with van der Waals surface area (Å²) in [4.78, 5) is 14.9. The molecule has 0 aliphatic carbocycles. The molecule has 11 heteroatoms. The average molecular weight is 466 g/mol. The maximum Gasteiger partial charge on any atom is 0.266 e. The molecule has 0 spiro atoms. The third-order valence-electron chi connectivity index (χ3n) is 5.59. The number of nitrogens with one attached hydrogen (secondary N) is 1. The minimum atomic E-state index is -3.04. The molecule has 2 aromatic heterocycles. The van der Waals surface area contributed by atoms with Gasteiger partial charge >= 0.3 is 0 Å². The summed E-state index contributed by atoms with van der Waals surface area (Å²) in [6.45, 7) is 4.18. The van der Waals surface area contributed by atoms with Crippen LogP contribution in [0.25, 0.3) is 11.0 Å². The van der Waals surface area contributed by atoms with Gasteiger partial charge in [0.2, 0.25) is 0 Å². The van der Waals surface area contributed by atoms with Gasteiger partial charge in [-0.3, -0.25) is 0 Å². The Balaban J connectivity index is 1.69. The van der Waals surface area contributed by atoms with E-state index >= 15 is 0 Å². The van der Waals surface area contributed by atoms with Gasteiger partial charge in [-0.1, -0.05) is 18.2 Å². The van der Waals surface area contributed by atoms with E-state index in [1.807, 2.05) is 17.9 Å². The molecule has 1 fully saturated rings. The monoisotopic (exact) mass is 465 g/mol. The third-order valence-corrected chi connectivity index (χ3v) is 7.20. The Labute approximate surface area is 183 Å². The summed E-state index contributed by atoms with van der Waals surface area (Å²) in [6.07, 6.45) is -1.59. The summed E-state index contributed by atoms with van der Waals surface area (Å²) in [7, 11) is -3.04. The highest BCUT2D eigenvalue weighted by Gasteiger charge is 2.24. The number of halogens is 3. The van der Waals surface area contributed by atoms with E-state index in [9.17, 15) is 21.6 Å². The second-order valence-electron chi connectivity index (χ2n) is 7.74. The lowest BCUT2D eigenvalue weighted by atomic mass is 10.0. The first-order valence-corrected chi connectivity index (χ1v) is 11.9. The van der Waals surface area contributed by atoms with Crippen LogP contribution in [0.3, 0.4) is 0 Å². The van der Waals surface area contributed by atoms with Crippen molar-refractivity contribution >= 4 is 32.4 Å². The molecule has 7 nitrogen and oxygen atoms in total. The summed E-state index contributed by atoms with van der Waals surface area (Å²) in [6, 6.07) is 5.08. The van der Waals surface area contributed by atoms with E-state index in [4.69, 9.17) is 0 Å². The van der Waals surface area contributed by atoms with Crippen LogP contribution in [0.2, 0.25) is 0 Å². The van der Waals surface area contributed by atoms with E-state index in [-0.39, 0.29) is 17.1 Å². The van der Waals surface area contributed by atoms with Gasteiger partial charge in [0, 0.05) is 18.7 Å². The van der Waals surface area contributed by atoms with Gasteiger partial charge in [0.25, 0.3) is 6.43 Å². The number of anilines is 2. The van der Waals surface area contributed by atoms with Gasteiger partial charge in [-0.05, 0) is 19.9 Å². The molecule has 0 radical (unpaired) electrons. The Morgan fingerprint density at radius 1 is 1.12 bits per heavy atom. The molecule has 32 heavy (non-hydrogen) atoms. The molecule has 1 aliphatic rings. The van der Waals surface area contributed by atoms with Crippen LogP contribution in [0.15, 0.2) is 30.6 Å². The molecule has 0 amide bonds. The Bertz CT molecular complexity index is 1260. The van der Waals surface area contributed by atoms with Crippen LogP contribution in [0, 0.1) is 12.7 Å². The molecule has 1 aromatic carbocycles. The number of alkyl halides is 2. The number of benzene rings is 1. The van der Waals surface area contributed by atoms with Gasteiger partial charge in [-0.15, -0.1) is 0 Å². The van der Waals surface area contributed by atoms with Crippen LogP contribution in [-0.4, -0.2) is 48.0 Å². The van der Waals surface area contributed by atoms with E-state index in [1.54, 1.807) is 6.92 Å². The zero-order valence-corrected chi connectivity index (χ0v) is 18.3. The summed E-state index contributed by atoms with van der Waals surface area (Å²) >= 11 is 0. The molecule has 3 aromatic rings. The number of aryl methyl sites for hydroxylation is 1. The minimum Gasteiger partial charge on any atom is -0.368 e. The maximum atomic E-state index is 14.6. The smallest absolute Gasteiger partial charge is 0.266 e. The number of pyridine rings is 1. The molecule has 0 unspecified atom stereocenters. The quantitative estimate of drug-likeness (QED) is 0.613. The van der Waals surface area contributed by atoms with Gasteiger partial charge in [0.05, 0.1) is 39.9 Å². The van der Waals surface area contributed by atoms with Gasteiger partial charge < -0.3 is 10.2 Å². The van der Waals surface area contributed by atoms with Crippen LogP contribution in [0.4, 0.5) is 24.7 Å².